The Labute approximate surface area is 189 Å². The first-order chi connectivity index (χ1) is 15.3. The van der Waals surface area contributed by atoms with E-state index < -0.39 is 6.04 Å². The highest BCUT2D eigenvalue weighted by atomic mass is 16.5. The molecule has 0 radical (unpaired) electrons. The summed E-state index contributed by atoms with van der Waals surface area (Å²) in [6, 6.07) is 14.0. The number of rotatable bonds is 6. The van der Waals surface area contributed by atoms with Gasteiger partial charge in [0.15, 0.2) is 0 Å². The predicted molar refractivity (Wildman–Crippen MR) is 123 cm³/mol. The zero-order valence-corrected chi connectivity index (χ0v) is 18.9. The molecule has 0 bridgehead atoms. The molecule has 2 unspecified atom stereocenters. The Morgan fingerprint density at radius 3 is 2.53 bits per heavy atom. The molecule has 2 heterocycles. The van der Waals surface area contributed by atoms with E-state index in [2.05, 4.69) is 13.8 Å². The van der Waals surface area contributed by atoms with Crippen molar-refractivity contribution in [2.45, 2.75) is 58.1 Å². The van der Waals surface area contributed by atoms with E-state index in [-0.39, 0.29) is 30.2 Å². The Balaban J connectivity index is 1.62. The van der Waals surface area contributed by atoms with Crippen LogP contribution in [-0.2, 0) is 14.3 Å². The molecule has 2 aromatic carbocycles. The fourth-order valence-electron chi connectivity index (χ4n) is 4.44. The second-order valence-corrected chi connectivity index (χ2v) is 9.00. The van der Waals surface area contributed by atoms with Crippen LogP contribution in [0.5, 0.6) is 0 Å². The van der Waals surface area contributed by atoms with Crippen molar-refractivity contribution in [1.82, 2.24) is 4.90 Å². The Bertz CT molecular complexity index is 1010. The number of hydrogen-bond donors (Lipinski definition) is 0. The SMILES string of the molecule is Cc1cccc(C(=O)N(CC2CCCO2)C2CC(=O)N(c3ccc(C(C)C)cc3)C2=O)c1. The first kappa shape index (κ1) is 22.2. The summed E-state index contributed by atoms with van der Waals surface area (Å²) >= 11 is 0. The number of anilines is 1. The van der Waals surface area contributed by atoms with Gasteiger partial charge in [-0.05, 0) is 55.5 Å². The van der Waals surface area contributed by atoms with Gasteiger partial charge in [0.1, 0.15) is 6.04 Å². The van der Waals surface area contributed by atoms with Gasteiger partial charge in [0.2, 0.25) is 5.91 Å². The number of aryl methyl sites for hydroxylation is 1. The lowest BCUT2D eigenvalue weighted by molar-refractivity contribution is -0.122. The van der Waals surface area contributed by atoms with Gasteiger partial charge in [-0.2, -0.15) is 0 Å². The van der Waals surface area contributed by atoms with Crippen molar-refractivity contribution in [3.05, 3.63) is 65.2 Å². The normalized spacial score (nSPS) is 20.9. The summed E-state index contributed by atoms with van der Waals surface area (Å²) in [5, 5.41) is 0. The van der Waals surface area contributed by atoms with Crippen molar-refractivity contribution in [2.24, 2.45) is 0 Å². The lowest BCUT2D eigenvalue weighted by Gasteiger charge is -2.30. The summed E-state index contributed by atoms with van der Waals surface area (Å²) in [7, 11) is 0. The van der Waals surface area contributed by atoms with Crippen LogP contribution >= 0.6 is 0 Å². The maximum absolute atomic E-state index is 13.5. The van der Waals surface area contributed by atoms with Crippen molar-refractivity contribution in [1.29, 1.82) is 0 Å². The van der Waals surface area contributed by atoms with Crippen LogP contribution in [0.2, 0.25) is 0 Å². The third kappa shape index (κ3) is 4.46. The van der Waals surface area contributed by atoms with Gasteiger partial charge in [-0.3, -0.25) is 14.4 Å². The molecule has 0 aromatic heterocycles. The third-order valence-corrected chi connectivity index (χ3v) is 6.27. The number of carbonyl (C=O) groups excluding carboxylic acids is 3. The molecule has 6 nitrogen and oxygen atoms in total. The second-order valence-electron chi connectivity index (χ2n) is 9.00. The van der Waals surface area contributed by atoms with Crippen molar-refractivity contribution in [2.75, 3.05) is 18.1 Å². The van der Waals surface area contributed by atoms with Gasteiger partial charge in [0.05, 0.1) is 18.2 Å². The zero-order valence-electron chi connectivity index (χ0n) is 18.9. The molecule has 0 N–H and O–H groups in total. The average molecular weight is 435 g/mol. The maximum Gasteiger partial charge on any atom is 0.257 e. The summed E-state index contributed by atoms with van der Waals surface area (Å²) < 4.78 is 5.76. The summed E-state index contributed by atoms with van der Waals surface area (Å²) in [6.07, 6.45) is 1.64. The number of imide groups is 1. The van der Waals surface area contributed by atoms with Crippen molar-refractivity contribution >= 4 is 23.4 Å². The molecule has 6 heteroatoms. The quantitative estimate of drug-likeness (QED) is 0.643. The van der Waals surface area contributed by atoms with Gasteiger partial charge in [0.25, 0.3) is 11.8 Å². The monoisotopic (exact) mass is 434 g/mol. The van der Waals surface area contributed by atoms with E-state index in [0.29, 0.717) is 30.3 Å². The predicted octanol–water partition coefficient (Wildman–Crippen LogP) is 4.07. The number of ether oxygens (including phenoxy) is 1. The van der Waals surface area contributed by atoms with Crippen LogP contribution in [0.15, 0.2) is 48.5 Å². The topological polar surface area (TPSA) is 66.9 Å². The highest BCUT2D eigenvalue weighted by Gasteiger charge is 2.45. The Morgan fingerprint density at radius 1 is 1.16 bits per heavy atom. The van der Waals surface area contributed by atoms with Gasteiger partial charge in [0, 0.05) is 18.7 Å². The van der Waals surface area contributed by atoms with E-state index in [1.807, 2.05) is 37.3 Å². The summed E-state index contributed by atoms with van der Waals surface area (Å²) in [6.45, 7) is 7.07. The minimum Gasteiger partial charge on any atom is -0.376 e. The summed E-state index contributed by atoms with van der Waals surface area (Å²) in [5.41, 5.74) is 3.17. The second kappa shape index (κ2) is 9.25. The molecule has 0 saturated carbocycles. The molecule has 2 aliphatic heterocycles. The van der Waals surface area contributed by atoms with Crippen LogP contribution in [0.25, 0.3) is 0 Å². The van der Waals surface area contributed by atoms with Crippen LogP contribution in [0.1, 0.15) is 60.5 Å². The van der Waals surface area contributed by atoms with E-state index in [9.17, 15) is 14.4 Å². The molecule has 0 spiro atoms. The molecule has 32 heavy (non-hydrogen) atoms. The van der Waals surface area contributed by atoms with E-state index >= 15 is 0 Å². The van der Waals surface area contributed by atoms with Crippen LogP contribution in [0.4, 0.5) is 5.69 Å². The van der Waals surface area contributed by atoms with Gasteiger partial charge >= 0.3 is 0 Å². The van der Waals surface area contributed by atoms with E-state index in [0.717, 1.165) is 24.0 Å². The Morgan fingerprint density at radius 2 is 1.91 bits per heavy atom. The van der Waals surface area contributed by atoms with Crippen molar-refractivity contribution < 1.29 is 19.1 Å². The highest BCUT2D eigenvalue weighted by molar-refractivity contribution is 6.23. The number of carbonyl (C=O) groups is 3. The summed E-state index contributed by atoms with van der Waals surface area (Å²) in [4.78, 5) is 42.6. The van der Waals surface area contributed by atoms with Crippen LogP contribution in [0.3, 0.4) is 0 Å². The molecule has 168 valence electrons. The van der Waals surface area contributed by atoms with Gasteiger partial charge in [-0.25, -0.2) is 4.90 Å². The first-order valence-electron chi connectivity index (χ1n) is 11.3. The number of hydrogen-bond acceptors (Lipinski definition) is 4. The number of amides is 3. The Kier molecular flexibility index (Phi) is 6.42. The fraction of sp³-hybridized carbons (Fsp3) is 0.423. The van der Waals surface area contributed by atoms with E-state index in [4.69, 9.17) is 4.74 Å². The molecular formula is C26H30N2O4. The molecular weight excluding hydrogens is 404 g/mol. The van der Waals surface area contributed by atoms with Gasteiger partial charge in [-0.15, -0.1) is 0 Å². The molecule has 0 aliphatic carbocycles. The van der Waals surface area contributed by atoms with Crippen LogP contribution in [-0.4, -0.2) is 47.9 Å². The smallest absolute Gasteiger partial charge is 0.257 e. The lowest BCUT2D eigenvalue weighted by Crippen LogP contribution is -2.48. The third-order valence-electron chi connectivity index (χ3n) is 6.27. The largest absolute Gasteiger partial charge is 0.376 e. The van der Waals surface area contributed by atoms with Crippen LogP contribution in [0, 0.1) is 6.92 Å². The maximum atomic E-state index is 13.5. The number of nitrogens with zero attached hydrogens (tertiary/aromatic N) is 2. The summed E-state index contributed by atoms with van der Waals surface area (Å²) in [5.74, 6) is -0.527. The molecule has 2 aromatic rings. The van der Waals surface area contributed by atoms with E-state index in [1.165, 1.54) is 4.90 Å². The molecule has 2 aliphatic rings. The fourth-order valence-corrected chi connectivity index (χ4v) is 4.44. The molecule has 4 rings (SSSR count). The van der Waals surface area contributed by atoms with E-state index in [1.54, 1.807) is 23.1 Å². The minimum atomic E-state index is -0.829. The molecule has 3 amide bonds. The van der Waals surface area contributed by atoms with Crippen molar-refractivity contribution in [3.8, 4) is 0 Å². The first-order valence-corrected chi connectivity index (χ1v) is 11.3. The van der Waals surface area contributed by atoms with Crippen molar-refractivity contribution in [3.63, 3.8) is 0 Å². The van der Waals surface area contributed by atoms with Gasteiger partial charge in [-0.1, -0.05) is 43.7 Å². The Hall–Kier alpha value is -2.99. The number of benzene rings is 2. The molecule has 2 atom stereocenters. The zero-order chi connectivity index (χ0) is 22.8. The minimum absolute atomic E-state index is 0.0188. The highest BCUT2D eigenvalue weighted by Crippen LogP contribution is 2.29. The average Bonchev–Trinajstić information content (AvgIpc) is 3.39. The van der Waals surface area contributed by atoms with Gasteiger partial charge < -0.3 is 9.64 Å². The van der Waals surface area contributed by atoms with Crippen LogP contribution < -0.4 is 4.90 Å². The molecule has 2 saturated heterocycles. The standard InChI is InChI=1S/C26H30N2O4/c1-17(2)19-9-11-21(12-10-19)28-24(29)15-23(26(28)31)27(16-22-8-5-13-32-22)25(30)20-7-4-6-18(3)14-20/h4,6-7,9-12,14,17,22-23H,5,8,13,15-16H2,1-3H3. The lowest BCUT2D eigenvalue weighted by atomic mass is 10.0. The molecule has 2 fully saturated rings.